The number of thioether (sulfide) groups is 1. The lowest BCUT2D eigenvalue weighted by Gasteiger charge is -2.24. The summed E-state index contributed by atoms with van der Waals surface area (Å²) in [6.07, 6.45) is 2.44. The van der Waals surface area contributed by atoms with Gasteiger partial charge < -0.3 is 11.1 Å². The molecule has 1 aliphatic heterocycles. The molecule has 1 saturated heterocycles. The molecule has 0 amide bonds. The first-order chi connectivity index (χ1) is 9.36. The van der Waals surface area contributed by atoms with Gasteiger partial charge in [-0.3, -0.25) is 0 Å². The minimum absolute atomic E-state index is 0.185. The van der Waals surface area contributed by atoms with E-state index in [9.17, 15) is 8.42 Å². The molecule has 1 aromatic carbocycles. The molecule has 7 heteroatoms. The second-order valence-corrected chi connectivity index (χ2v) is 8.78. The number of nitrogens with two attached hydrogens (primary N) is 1. The molecule has 0 bridgehead atoms. The van der Waals surface area contributed by atoms with E-state index >= 15 is 0 Å². The second kappa shape index (κ2) is 5.83. The predicted molar refractivity (Wildman–Crippen MR) is 85.7 cm³/mol. The normalized spacial score (nSPS) is 22.9. The molecule has 0 aromatic heterocycles. The van der Waals surface area contributed by atoms with Crippen LogP contribution in [0.2, 0.25) is 0 Å². The molecule has 2 rings (SSSR count). The van der Waals surface area contributed by atoms with Crippen molar-refractivity contribution in [1.29, 1.82) is 0 Å². The molecule has 1 aromatic rings. The van der Waals surface area contributed by atoms with Crippen LogP contribution in [0.3, 0.4) is 0 Å². The van der Waals surface area contributed by atoms with Crippen LogP contribution in [-0.2, 0) is 10.0 Å². The zero-order valence-corrected chi connectivity index (χ0v) is 13.4. The second-order valence-electron chi connectivity index (χ2n) is 5.21. The van der Waals surface area contributed by atoms with Gasteiger partial charge in [0.15, 0.2) is 0 Å². The zero-order chi connectivity index (χ0) is 14.8. The van der Waals surface area contributed by atoms with Crippen LogP contribution < -0.4 is 15.8 Å². The molecule has 20 heavy (non-hydrogen) atoms. The molecule has 0 saturated carbocycles. The Balaban J connectivity index is 2.10. The molecular formula is C13H21N3O2S2. The summed E-state index contributed by atoms with van der Waals surface area (Å²) in [7, 11) is -2.06. The van der Waals surface area contributed by atoms with Crippen molar-refractivity contribution < 1.29 is 8.42 Å². The van der Waals surface area contributed by atoms with Crippen molar-refractivity contribution in [3.05, 3.63) is 18.2 Å². The van der Waals surface area contributed by atoms with Crippen LogP contribution in [0.4, 0.5) is 11.4 Å². The average molecular weight is 315 g/mol. The average Bonchev–Trinajstić information content (AvgIpc) is 2.84. The standard InChI is InChI=1S/C13H21N3O2S2/c1-13(6-3-7-19-13)9-16-12-5-4-10(8-11(12)14)20(17,18)15-2/h4-5,8,15-16H,3,6-7,9,14H2,1-2H3. The molecule has 0 spiro atoms. The monoisotopic (exact) mass is 315 g/mol. The van der Waals surface area contributed by atoms with Gasteiger partial charge in [0.25, 0.3) is 0 Å². The Morgan fingerprint density at radius 3 is 2.75 bits per heavy atom. The Hall–Kier alpha value is -0.920. The summed E-state index contributed by atoms with van der Waals surface area (Å²) < 4.78 is 25.9. The van der Waals surface area contributed by atoms with Gasteiger partial charge in [0, 0.05) is 11.3 Å². The third kappa shape index (κ3) is 3.39. The third-order valence-corrected chi connectivity index (χ3v) is 6.51. The summed E-state index contributed by atoms with van der Waals surface area (Å²) in [6.45, 7) is 3.08. The maximum absolute atomic E-state index is 11.7. The number of sulfonamides is 1. The summed E-state index contributed by atoms with van der Waals surface area (Å²) in [4.78, 5) is 0.185. The molecule has 5 nitrogen and oxygen atoms in total. The minimum atomic E-state index is -3.44. The predicted octanol–water partition coefficient (Wildman–Crippen LogP) is 1.87. The fourth-order valence-electron chi connectivity index (χ4n) is 2.25. The van der Waals surface area contributed by atoms with Gasteiger partial charge in [-0.25, -0.2) is 13.1 Å². The number of anilines is 2. The lowest BCUT2D eigenvalue weighted by Crippen LogP contribution is -2.27. The Labute approximate surface area is 124 Å². The first-order valence-corrected chi connectivity index (χ1v) is 9.04. The zero-order valence-electron chi connectivity index (χ0n) is 11.8. The van der Waals surface area contributed by atoms with E-state index in [0.29, 0.717) is 5.69 Å². The maximum Gasteiger partial charge on any atom is 0.240 e. The number of rotatable bonds is 5. The van der Waals surface area contributed by atoms with Gasteiger partial charge in [-0.05, 0) is 50.8 Å². The van der Waals surface area contributed by atoms with Gasteiger partial charge in [0.1, 0.15) is 0 Å². The molecule has 1 unspecified atom stereocenters. The fourth-order valence-corrected chi connectivity index (χ4v) is 4.25. The van der Waals surface area contributed by atoms with Crippen molar-refractivity contribution >= 4 is 33.2 Å². The maximum atomic E-state index is 11.7. The number of nitrogens with one attached hydrogen (secondary N) is 2. The van der Waals surface area contributed by atoms with E-state index in [1.807, 2.05) is 11.8 Å². The van der Waals surface area contributed by atoms with Crippen molar-refractivity contribution in [2.24, 2.45) is 0 Å². The van der Waals surface area contributed by atoms with E-state index in [1.165, 1.54) is 31.7 Å². The highest BCUT2D eigenvalue weighted by Gasteiger charge is 2.29. The Morgan fingerprint density at radius 1 is 1.45 bits per heavy atom. The van der Waals surface area contributed by atoms with E-state index in [4.69, 9.17) is 5.73 Å². The molecule has 4 N–H and O–H groups in total. The van der Waals surface area contributed by atoms with E-state index in [1.54, 1.807) is 12.1 Å². The van der Waals surface area contributed by atoms with Crippen LogP contribution in [0.5, 0.6) is 0 Å². The SMILES string of the molecule is CNS(=O)(=O)c1ccc(NCC2(C)CCCS2)c(N)c1. The number of hydrogen-bond donors (Lipinski definition) is 3. The highest BCUT2D eigenvalue weighted by molar-refractivity contribution is 8.00. The number of benzene rings is 1. The highest BCUT2D eigenvalue weighted by atomic mass is 32.2. The van der Waals surface area contributed by atoms with Gasteiger partial charge >= 0.3 is 0 Å². The van der Waals surface area contributed by atoms with Crippen molar-refractivity contribution in [1.82, 2.24) is 4.72 Å². The van der Waals surface area contributed by atoms with Crippen molar-refractivity contribution in [3.8, 4) is 0 Å². The summed E-state index contributed by atoms with van der Waals surface area (Å²) in [5, 5.41) is 3.33. The van der Waals surface area contributed by atoms with E-state index in [-0.39, 0.29) is 9.64 Å². The van der Waals surface area contributed by atoms with Gasteiger partial charge in [0.2, 0.25) is 10.0 Å². The molecule has 0 radical (unpaired) electrons. The largest absolute Gasteiger partial charge is 0.397 e. The van der Waals surface area contributed by atoms with Crippen LogP contribution in [0.15, 0.2) is 23.1 Å². The molecule has 112 valence electrons. The number of nitrogen functional groups attached to an aromatic ring is 1. The van der Waals surface area contributed by atoms with Gasteiger partial charge in [-0.1, -0.05) is 0 Å². The Morgan fingerprint density at radius 2 is 2.20 bits per heavy atom. The molecular weight excluding hydrogens is 294 g/mol. The number of hydrogen-bond acceptors (Lipinski definition) is 5. The van der Waals surface area contributed by atoms with Crippen LogP contribution in [0.25, 0.3) is 0 Å². The van der Waals surface area contributed by atoms with Crippen molar-refractivity contribution in [2.75, 3.05) is 30.4 Å². The van der Waals surface area contributed by atoms with Gasteiger partial charge in [0.05, 0.1) is 16.3 Å². The van der Waals surface area contributed by atoms with Crippen molar-refractivity contribution in [3.63, 3.8) is 0 Å². The topological polar surface area (TPSA) is 84.2 Å². The Bertz CT molecular complexity index is 581. The summed E-state index contributed by atoms with van der Waals surface area (Å²) in [5.74, 6) is 1.20. The van der Waals surface area contributed by atoms with E-state index in [2.05, 4.69) is 17.0 Å². The first-order valence-electron chi connectivity index (χ1n) is 6.57. The van der Waals surface area contributed by atoms with Crippen LogP contribution >= 0.6 is 11.8 Å². The molecule has 1 fully saturated rings. The van der Waals surface area contributed by atoms with E-state index < -0.39 is 10.0 Å². The van der Waals surface area contributed by atoms with Gasteiger partial charge in [-0.2, -0.15) is 11.8 Å². The third-order valence-electron chi connectivity index (χ3n) is 3.56. The minimum Gasteiger partial charge on any atom is -0.397 e. The van der Waals surface area contributed by atoms with Crippen molar-refractivity contribution in [2.45, 2.75) is 29.4 Å². The molecule has 1 aliphatic rings. The first kappa shape index (κ1) is 15.5. The van der Waals surface area contributed by atoms with E-state index in [0.717, 1.165) is 12.2 Å². The lowest BCUT2D eigenvalue weighted by molar-refractivity contribution is 0.588. The summed E-state index contributed by atoms with van der Waals surface area (Å²) >= 11 is 1.97. The van der Waals surface area contributed by atoms with Crippen LogP contribution in [-0.4, -0.2) is 32.5 Å². The quantitative estimate of drug-likeness (QED) is 0.723. The van der Waals surface area contributed by atoms with Crippen LogP contribution in [0, 0.1) is 0 Å². The highest BCUT2D eigenvalue weighted by Crippen LogP contribution is 2.38. The Kier molecular flexibility index (Phi) is 4.51. The molecule has 1 heterocycles. The van der Waals surface area contributed by atoms with Crippen LogP contribution in [0.1, 0.15) is 19.8 Å². The smallest absolute Gasteiger partial charge is 0.240 e. The summed E-state index contributed by atoms with van der Waals surface area (Å²) in [5.41, 5.74) is 7.18. The fraction of sp³-hybridized carbons (Fsp3) is 0.538. The molecule has 0 aliphatic carbocycles. The summed E-state index contributed by atoms with van der Waals surface area (Å²) in [6, 6.07) is 4.77. The lowest BCUT2D eigenvalue weighted by atomic mass is 10.1. The van der Waals surface area contributed by atoms with Gasteiger partial charge in [-0.15, -0.1) is 0 Å². The molecule has 1 atom stereocenters.